The summed E-state index contributed by atoms with van der Waals surface area (Å²) in [4.78, 5) is 14.3. The van der Waals surface area contributed by atoms with E-state index in [1.807, 2.05) is 6.92 Å². The lowest BCUT2D eigenvalue weighted by molar-refractivity contribution is -0.126. The Morgan fingerprint density at radius 2 is 2.00 bits per heavy atom. The molecule has 0 radical (unpaired) electrons. The first kappa shape index (κ1) is 17.4. The number of rotatable bonds is 8. The Hall–Kier alpha value is -0.650. The highest BCUT2D eigenvalue weighted by molar-refractivity contribution is 5.81. The van der Waals surface area contributed by atoms with Gasteiger partial charge in [-0.15, -0.1) is 0 Å². The molecule has 1 saturated carbocycles. The lowest BCUT2D eigenvalue weighted by atomic mass is 9.89. The zero-order valence-electron chi connectivity index (χ0n) is 13.4. The van der Waals surface area contributed by atoms with Crippen molar-refractivity contribution in [3.8, 4) is 0 Å². The van der Waals surface area contributed by atoms with Gasteiger partial charge in [-0.3, -0.25) is 9.69 Å². The first-order valence-electron chi connectivity index (χ1n) is 7.82. The first-order valence-corrected chi connectivity index (χ1v) is 7.82. The number of carbonyl (C=O) groups excluding carboxylic acids is 1. The number of nitrogens with one attached hydrogen (secondary N) is 2. The largest absolute Gasteiger partial charge is 0.383 e. The summed E-state index contributed by atoms with van der Waals surface area (Å²) in [6.07, 6.45) is 4.76. The molecule has 5 nitrogen and oxygen atoms in total. The van der Waals surface area contributed by atoms with Gasteiger partial charge in [-0.25, -0.2) is 0 Å². The maximum Gasteiger partial charge on any atom is 0.237 e. The van der Waals surface area contributed by atoms with Crippen LogP contribution < -0.4 is 10.6 Å². The Morgan fingerprint density at radius 3 is 2.55 bits per heavy atom. The second-order valence-electron chi connectivity index (χ2n) is 5.69. The summed E-state index contributed by atoms with van der Waals surface area (Å²) in [7, 11) is 3.71. The number of methoxy groups -OCH3 is 1. The summed E-state index contributed by atoms with van der Waals surface area (Å²) in [5.74, 6) is 0.0957. The smallest absolute Gasteiger partial charge is 0.237 e. The maximum absolute atomic E-state index is 12.0. The fraction of sp³-hybridized carbons (Fsp3) is 0.933. The van der Waals surface area contributed by atoms with Crippen molar-refractivity contribution in [1.29, 1.82) is 0 Å². The van der Waals surface area contributed by atoms with Crippen LogP contribution in [0.25, 0.3) is 0 Å². The van der Waals surface area contributed by atoms with Gasteiger partial charge in [0.25, 0.3) is 0 Å². The molecule has 0 spiro atoms. The quantitative estimate of drug-likeness (QED) is 0.653. The zero-order valence-corrected chi connectivity index (χ0v) is 13.4. The Bertz CT molecular complexity index is 278. The number of amides is 1. The highest BCUT2D eigenvalue weighted by Crippen LogP contribution is 2.23. The van der Waals surface area contributed by atoms with Crippen molar-refractivity contribution in [2.45, 2.75) is 57.7 Å². The molecule has 0 aromatic heterocycles. The van der Waals surface area contributed by atoms with Crippen molar-refractivity contribution in [2.75, 3.05) is 33.9 Å². The van der Waals surface area contributed by atoms with Crippen LogP contribution in [-0.4, -0.2) is 62.8 Å². The van der Waals surface area contributed by atoms with E-state index in [1.165, 1.54) is 25.7 Å². The van der Waals surface area contributed by atoms with E-state index in [1.54, 1.807) is 7.11 Å². The second kappa shape index (κ2) is 9.32. The highest BCUT2D eigenvalue weighted by atomic mass is 16.5. The fourth-order valence-electron chi connectivity index (χ4n) is 2.90. The molecule has 1 rings (SSSR count). The summed E-state index contributed by atoms with van der Waals surface area (Å²) in [5, 5.41) is 6.43. The molecule has 1 aliphatic rings. The Kier molecular flexibility index (Phi) is 8.11. The van der Waals surface area contributed by atoms with Gasteiger partial charge in [-0.05, 0) is 46.2 Å². The van der Waals surface area contributed by atoms with Gasteiger partial charge in [0.15, 0.2) is 0 Å². The van der Waals surface area contributed by atoms with E-state index < -0.39 is 0 Å². The third-order valence-electron chi connectivity index (χ3n) is 4.36. The minimum absolute atomic E-state index is 0.0764. The number of hydrogen-bond donors (Lipinski definition) is 2. The monoisotopic (exact) mass is 285 g/mol. The maximum atomic E-state index is 12.0. The number of likely N-dealkylation sites (N-methyl/N-ethyl adjacent to an activating group) is 1. The predicted octanol–water partition coefficient (Wildman–Crippen LogP) is 0.990. The second-order valence-corrected chi connectivity index (χ2v) is 5.69. The summed E-state index contributed by atoms with van der Waals surface area (Å²) in [6.45, 7) is 6.34. The number of ether oxygens (including phenoxy) is 1. The van der Waals surface area contributed by atoms with Gasteiger partial charge < -0.3 is 15.4 Å². The molecule has 1 atom stereocenters. The summed E-state index contributed by atoms with van der Waals surface area (Å²) >= 11 is 0. The molecule has 2 N–H and O–H groups in total. The molecule has 0 aromatic rings. The van der Waals surface area contributed by atoms with E-state index in [2.05, 4.69) is 29.5 Å². The molecule has 0 saturated heterocycles. The Balaban J connectivity index is 2.33. The SMILES string of the molecule is CCNC1CCC(N(C)C(C)C(=O)NCCOC)CC1. The third kappa shape index (κ3) is 5.38. The normalized spacial score (nSPS) is 24.6. The fourth-order valence-corrected chi connectivity index (χ4v) is 2.90. The van der Waals surface area contributed by atoms with Crippen LogP contribution in [0.15, 0.2) is 0 Å². The van der Waals surface area contributed by atoms with Crippen LogP contribution in [0.2, 0.25) is 0 Å². The van der Waals surface area contributed by atoms with E-state index >= 15 is 0 Å². The van der Waals surface area contributed by atoms with Crippen molar-refractivity contribution >= 4 is 5.91 Å². The number of carbonyl (C=O) groups is 1. The highest BCUT2D eigenvalue weighted by Gasteiger charge is 2.28. The predicted molar refractivity (Wildman–Crippen MR) is 81.8 cm³/mol. The number of nitrogens with zero attached hydrogens (tertiary/aromatic N) is 1. The minimum atomic E-state index is -0.0764. The van der Waals surface area contributed by atoms with E-state index in [-0.39, 0.29) is 11.9 Å². The van der Waals surface area contributed by atoms with Crippen LogP contribution in [0.3, 0.4) is 0 Å². The van der Waals surface area contributed by atoms with Gasteiger partial charge in [0.2, 0.25) is 5.91 Å². The van der Waals surface area contributed by atoms with Crippen LogP contribution in [-0.2, 0) is 9.53 Å². The third-order valence-corrected chi connectivity index (χ3v) is 4.36. The number of hydrogen-bond acceptors (Lipinski definition) is 4. The average molecular weight is 285 g/mol. The summed E-state index contributed by atoms with van der Waals surface area (Å²) in [6, 6.07) is 1.11. The summed E-state index contributed by atoms with van der Waals surface area (Å²) in [5.41, 5.74) is 0. The molecular weight excluding hydrogens is 254 g/mol. The molecule has 118 valence electrons. The van der Waals surface area contributed by atoms with Crippen LogP contribution in [0.1, 0.15) is 39.5 Å². The van der Waals surface area contributed by atoms with E-state index in [0.29, 0.717) is 25.2 Å². The van der Waals surface area contributed by atoms with E-state index in [9.17, 15) is 4.79 Å². The molecule has 0 aliphatic heterocycles. The van der Waals surface area contributed by atoms with Crippen LogP contribution in [0, 0.1) is 0 Å². The summed E-state index contributed by atoms with van der Waals surface area (Å²) < 4.78 is 4.95. The van der Waals surface area contributed by atoms with Crippen LogP contribution >= 0.6 is 0 Å². The molecule has 20 heavy (non-hydrogen) atoms. The molecule has 0 bridgehead atoms. The van der Waals surface area contributed by atoms with E-state index in [0.717, 1.165) is 6.54 Å². The van der Waals surface area contributed by atoms with Crippen molar-refractivity contribution in [1.82, 2.24) is 15.5 Å². The van der Waals surface area contributed by atoms with Crippen molar-refractivity contribution in [2.24, 2.45) is 0 Å². The van der Waals surface area contributed by atoms with Crippen molar-refractivity contribution < 1.29 is 9.53 Å². The lowest BCUT2D eigenvalue weighted by Gasteiger charge is -2.37. The van der Waals surface area contributed by atoms with Gasteiger partial charge in [0, 0.05) is 25.7 Å². The zero-order chi connectivity index (χ0) is 15.0. The van der Waals surface area contributed by atoms with Crippen LogP contribution in [0.4, 0.5) is 0 Å². The molecule has 1 aliphatic carbocycles. The standard InChI is InChI=1S/C15H31N3O2/c1-5-16-13-6-8-14(9-7-13)18(3)12(2)15(19)17-10-11-20-4/h12-14,16H,5-11H2,1-4H3,(H,17,19). The topological polar surface area (TPSA) is 53.6 Å². The van der Waals surface area contributed by atoms with Gasteiger partial charge in [-0.1, -0.05) is 6.92 Å². The van der Waals surface area contributed by atoms with Gasteiger partial charge in [0.1, 0.15) is 0 Å². The minimum Gasteiger partial charge on any atom is -0.383 e. The molecule has 1 fully saturated rings. The first-order chi connectivity index (χ1) is 9.60. The van der Waals surface area contributed by atoms with Crippen LogP contribution in [0.5, 0.6) is 0 Å². The molecular formula is C15H31N3O2. The molecule has 1 unspecified atom stereocenters. The molecule has 5 heteroatoms. The van der Waals surface area contributed by atoms with Crippen molar-refractivity contribution in [3.63, 3.8) is 0 Å². The van der Waals surface area contributed by atoms with E-state index in [4.69, 9.17) is 4.74 Å². The van der Waals surface area contributed by atoms with Crippen molar-refractivity contribution in [3.05, 3.63) is 0 Å². The average Bonchev–Trinajstić information content (AvgIpc) is 2.47. The Morgan fingerprint density at radius 1 is 1.35 bits per heavy atom. The molecule has 0 aromatic carbocycles. The molecule has 0 heterocycles. The Labute approximate surface area is 123 Å². The van der Waals surface area contributed by atoms with Gasteiger partial charge >= 0.3 is 0 Å². The molecule has 1 amide bonds. The van der Waals surface area contributed by atoms with Gasteiger partial charge in [0.05, 0.1) is 12.6 Å². The van der Waals surface area contributed by atoms with Gasteiger partial charge in [-0.2, -0.15) is 0 Å². The lowest BCUT2D eigenvalue weighted by Crippen LogP contribution is -2.50.